The van der Waals surface area contributed by atoms with E-state index in [-0.39, 0.29) is 5.91 Å². The topological polar surface area (TPSA) is 45.2 Å². The van der Waals surface area contributed by atoms with Crippen molar-refractivity contribution in [1.29, 1.82) is 0 Å². The van der Waals surface area contributed by atoms with Crippen molar-refractivity contribution in [3.05, 3.63) is 22.9 Å². The van der Waals surface area contributed by atoms with Crippen LogP contribution in [0.25, 0.3) is 0 Å². The highest BCUT2D eigenvalue weighted by atomic mass is 79.9. The molecule has 0 spiro atoms. The molecule has 0 bridgehead atoms. The molecule has 0 aliphatic heterocycles. The number of rotatable bonds is 4. The summed E-state index contributed by atoms with van der Waals surface area (Å²) in [5.41, 5.74) is 0.724. The number of halogens is 1. The number of nitrogens with zero attached hydrogens (tertiary/aromatic N) is 2. The van der Waals surface area contributed by atoms with E-state index in [2.05, 4.69) is 26.2 Å². The van der Waals surface area contributed by atoms with Crippen LogP contribution in [0.15, 0.2) is 22.9 Å². The van der Waals surface area contributed by atoms with E-state index in [9.17, 15) is 4.79 Å². The van der Waals surface area contributed by atoms with E-state index in [1.165, 1.54) is 0 Å². The van der Waals surface area contributed by atoms with Crippen molar-refractivity contribution >= 4 is 27.5 Å². The molecular formula is C10H14BrN3O. The summed E-state index contributed by atoms with van der Waals surface area (Å²) < 4.78 is 0.758. The van der Waals surface area contributed by atoms with Gasteiger partial charge in [-0.15, -0.1) is 0 Å². The Kier molecular flexibility index (Phi) is 4.71. The van der Waals surface area contributed by atoms with Crippen LogP contribution in [0.1, 0.15) is 6.42 Å². The SMILES string of the molecule is CN(C)CCC(=O)Nc1ccc(Br)nc1. The van der Waals surface area contributed by atoms with Crippen LogP contribution in [-0.2, 0) is 4.79 Å². The number of amides is 1. The molecule has 1 aromatic heterocycles. The third-order valence-electron chi connectivity index (χ3n) is 1.80. The van der Waals surface area contributed by atoms with Crippen molar-refractivity contribution in [2.75, 3.05) is 26.0 Å². The Bertz CT molecular complexity index is 324. The van der Waals surface area contributed by atoms with Gasteiger partial charge in [0, 0.05) is 13.0 Å². The second kappa shape index (κ2) is 5.82. The second-order valence-electron chi connectivity index (χ2n) is 3.47. The third kappa shape index (κ3) is 4.90. The quantitative estimate of drug-likeness (QED) is 0.849. The lowest BCUT2D eigenvalue weighted by Gasteiger charge is -2.09. The number of carbonyl (C=O) groups excluding carboxylic acids is 1. The molecule has 0 saturated carbocycles. The van der Waals surface area contributed by atoms with E-state index in [0.29, 0.717) is 6.42 Å². The second-order valence-corrected chi connectivity index (χ2v) is 4.28. The van der Waals surface area contributed by atoms with Crippen molar-refractivity contribution < 1.29 is 4.79 Å². The van der Waals surface area contributed by atoms with Gasteiger partial charge in [-0.2, -0.15) is 0 Å². The Labute approximate surface area is 97.8 Å². The van der Waals surface area contributed by atoms with E-state index < -0.39 is 0 Å². The van der Waals surface area contributed by atoms with Gasteiger partial charge in [-0.3, -0.25) is 4.79 Å². The molecule has 1 heterocycles. The molecule has 1 amide bonds. The molecule has 1 aromatic rings. The normalized spacial score (nSPS) is 10.4. The Morgan fingerprint density at radius 3 is 2.80 bits per heavy atom. The van der Waals surface area contributed by atoms with Gasteiger partial charge < -0.3 is 10.2 Å². The molecule has 82 valence electrons. The standard InChI is InChI=1S/C10H14BrN3O/c1-14(2)6-5-10(15)13-8-3-4-9(11)12-7-8/h3-4,7H,5-6H2,1-2H3,(H,13,15). The molecule has 1 rings (SSSR count). The molecule has 0 unspecified atom stereocenters. The van der Waals surface area contributed by atoms with Crippen LogP contribution in [0.5, 0.6) is 0 Å². The molecule has 0 fully saturated rings. The largest absolute Gasteiger partial charge is 0.325 e. The summed E-state index contributed by atoms with van der Waals surface area (Å²) in [6.07, 6.45) is 2.11. The lowest BCUT2D eigenvalue weighted by atomic mass is 10.3. The summed E-state index contributed by atoms with van der Waals surface area (Å²) >= 11 is 3.23. The van der Waals surface area contributed by atoms with Gasteiger partial charge in [0.25, 0.3) is 0 Å². The molecule has 0 atom stereocenters. The summed E-state index contributed by atoms with van der Waals surface area (Å²) in [7, 11) is 3.88. The van der Waals surface area contributed by atoms with Crippen molar-refractivity contribution in [2.24, 2.45) is 0 Å². The molecule has 0 aromatic carbocycles. The first kappa shape index (κ1) is 12.1. The minimum absolute atomic E-state index is 0.00724. The predicted octanol–water partition coefficient (Wildman–Crippen LogP) is 1.73. The summed E-state index contributed by atoms with van der Waals surface area (Å²) in [6.45, 7) is 0.746. The molecule has 1 N–H and O–H groups in total. The van der Waals surface area contributed by atoms with Gasteiger partial charge >= 0.3 is 0 Å². The number of anilines is 1. The maximum atomic E-state index is 11.4. The number of pyridine rings is 1. The van der Waals surface area contributed by atoms with Crippen LogP contribution in [0.2, 0.25) is 0 Å². The van der Waals surface area contributed by atoms with Crippen molar-refractivity contribution in [3.8, 4) is 0 Å². The minimum atomic E-state index is 0.00724. The number of carbonyl (C=O) groups is 1. The zero-order valence-electron chi connectivity index (χ0n) is 8.83. The summed E-state index contributed by atoms with van der Waals surface area (Å²) in [4.78, 5) is 17.4. The third-order valence-corrected chi connectivity index (χ3v) is 2.27. The number of hydrogen-bond acceptors (Lipinski definition) is 3. The molecule has 0 aliphatic rings. The van der Waals surface area contributed by atoms with Crippen LogP contribution in [0, 0.1) is 0 Å². The lowest BCUT2D eigenvalue weighted by molar-refractivity contribution is -0.116. The first-order chi connectivity index (χ1) is 7.08. The van der Waals surface area contributed by atoms with Crippen molar-refractivity contribution in [2.45, 2.75) is 6.42 Å². The van der Waals surface area contributed by atoms with Crippen LogP contribution in [0.3, 0.4) is 0 Å². The maximum Gasteiger partial charge on any atom is 0.225 e. The van der Waals surface area contributed by atoms with Gasteiger partial charge in [-0.25, -0.2) is 4.98 Å². The Morgan fingerprint density at radius 2 is 2.27 bits per heavy atom. The Hall–Kier alpha value is -0.940. The summed E-state index contributed by atoms with van der Waals surface area (Å²) in [5.74, 6) is 0.00724. The first-order valence-electron chi connectivity index (χ1n) is 4.64. The van der Waals surface area contributed by atoms with Crippen molar-refractivity contribution in [3.63, 3.8) is 0 Å². The van der Waals surface area contributed by atoms with E-state index in [4.69, 9.17) is 0 Å². The lowest BCUT2D eigenvalue weighted by Crippen LogP contribution is -2.20. The van der Waals surface area contributed by atoms with Crippen LogP contribution >= 0.6 is 15.9 Å². The monoisotopic (exact) mass is 271 g/mol. The van der Waals surface area contributed by atoms with E-state index in [1.54, 1.807) is 12.3 Å². The highest BCUT2D eigenvalue weighted by molar-refractivity contribution is 9.10. The van der Waals surface area contributed by atoms with Gasteiger partial charge in [0.1, 0.15) is 4.60 Å². The van der Waals surface area contributed by atoms with Crippen LogP contribution in [-0.4, -0.2) is 36.4 Å². The zero-order chi connectivity index (χ0) is 11.3. The van der Waals surface area contributed by atoms with E-state index in [1.807, 2.05) is 25.1 Å². The molecule has 0 saturated heterocycles. The summed E-state index contributed by atoms with van der Waals surface area (Å²) in [5, 5.41) is 2.78. The fraction of sp³-hybridized carbons (Fsp3) is 0.400. The van der Waals surface area contributed by atoms with Gasteiger partial charge in [0.05, 0.1) is 11.9 Å². The fourth-order valence-electron chi connectivity index (χ4n) is 0.998. The predicted molar refractivity (Wildman–Crippen MR) is 63.7 cm³/mol. The number of hydrogen-bond donors (Lipinski definition) is 1. The highest BCUT2D eigenvalue weighted by Gasteiger charge is 2.02. The molecule has 15 heavy (non-hydrogen) atoms. The molecule has 5 heteroatoms. The Morgan fingerprint density at radius 1 is 1.53 bits per heavy atom. The molecule has 0 aliphatic carbocycles. The first-order valence-corrected chi connectivity index (χ1v) is 5.43. The van der Waals surface area contributed by atoms with Gasteiger partial charge in [0.15, 0.2) is 0 Å². The average molecular weight is 272 g/mol. The fourth-order valence-corrected chi connectivity index (χ4v) is 1.23. The zero-order valence-corrected chi connectivity index (χ0v) is 10.4. The Balaban J connectivity index is 2.41. The molecule has 4 nitrogen and oxygen atoms in total. The van der Waals surface area contributed by atoms with Gasteiger partial charge in [-0.1, -0.05) is 0 Å². The molecule has 0 radical (unpaired) electrons. The number of aromatic nitrogens is 1. The van der Waals surface area contributed by atoms with Crippen molar-refractivity contribution in [1.82, 2.24) is 9.88 Å². The highest BCUT2D eigenvalue weighted by Crippen LogP contribution is 2.10. The average Bonchev–Trinajstić information content (AvgIpc) is 2.19. The smallest absolute Gasteiger partial charge is 0.225 e. The van der Waals surface area contributed by atoms with Gasteiger partial charge in [-0.05, 0) is 42.2 Å². The van der Waals surface area contributed by atoms with E-state index in [0.717, 1.165) is 16.8 Å². The van der Waals surface area contributed by atoms with Gasteiger partial charge in [0.2, 0.25) is 5.91 Å². The maximum absolute atomic E-state index is 11.4. The van der Waals surface area contributed by atoms with Crippen LogP contribution in [0.4, 0.5) is 5.69 Å². The minimum Gasteiger partial charge on any atom is -0.325 e. The number of nitrogens with one attached hydrogen (secondary N) is 1. The molecular weight excluding hydrogens is 258 g/mol. The van der Waals surface area contributed by atoms with E-state index >= 15 is 0 Å². The summed E-state index contributed by atoms with van der Waals surface area (Å²) in [6, 6.07) is 3.60. The van der Waals surface area contributed by atoms with Crippen LogP contribution < -0.4 is 5.32 Å².